The average molecular weight is 218 g/mol. The second-order valence-electron chi connectivity index (χ2n) is 3.29. The molecule has 0 fully saturated rings. The van der Waals surface area contributed by atoms with Crippen LogP contribution in [0.1, 0.15) is 0 Å². The Morgan fingerprint density at radius 2 is 2.20 bits per heavy atom. The van der Waals surface area contributed by atoms with Crippen molar-refractivity contribution >= 4 is 22.5 Å². The normalized spacial score (nSPS) is 11.0. The minimum Gasteiger partial charge on any atom is -0.359 e. The Balaban J connectivity index is 2.41. The highest BCUT2D eigenvalue weighted by atomic mass is 35.5. The molecule has 0 aliphatic carbocycles. The van der Waals surface area contributed by atoms with E-state index in [1.54, 1.807) is 10.9 Å². The molecule has 0 saturated heterocycles. The van der Waals surface area contributed by atoms with Gasteiger partial charge in [0.1, 0.15) is 5.69 Å². The number of aromatic nitrogens is 3. The molecule has 3 aromatic rings. The molecule has 0 saturated carbocycles. The molecule has 0 radical (unpaired) electrons. The molecule has 0 aliphatic heterocycles. The van der Waals surface area contributed by atoms with Gasteiger partial charge < -0.3 is 4.98 Å². The standard InChI is InChI=1S/C11H8ClN3/c12-9-3-2-8-4-6-13-10(8)11(9)15-7-1-5-14-15/h1-7,13H. The van der Waals surface area contributed by atoms with Crippen LogP contribution in [0.4, 0.5) is 0 Å². The van der Waals surface area contributed by atoms with Crippen molar-refractivity contribution in [2.24, 2.45) is 0 Å². The molecule has 3 rings (SSSR count). The lowest BCUT2D eigenvalue weighted by atomic mass is 10.2. The molecule has 1 aromatic carbocycles. The number of H-pyrrole nitrogens is 1. The lowest BCUT2D eigenvalue weighted by molar-refractivity contribution is 0.886. The minimum absolute atomic E-state index is 0.689. The van der Waals surface area contributed by atoms with E-state index in [1.165, 1.54) is 0 Å². The highest BCUT2D eigenvalue weighted by Crippen LogP contribution is 2.27. The lowest BCUT2D eigenvalue weighted by Crippen LogP contribution is -1.96. The average Bonchev–Trinajstić information content (AvgIpc) is 2.85. The summed E-state index contributed by atoms with van der Waals surface area (Å²) in [6.45, 7) is 0. The quantitative estimate of drug-likeness (QED) is 0.668. The van der Waals surface area contributed by atoms with Gasteiger partial charge in [-0.3, -0.25) is 0 Å². The third-order valence-corrected chi connectivity index (χ3v) is 2.69. The van der Waals surface area contributed by atoms with Gasteiger partial charge in [0.15, 0.2) is 0 Å². The fraction of sp³-hybridized carbons (Fsp3) is 0. The maximum atomic E-state index is 6.17. The van der Waals surface area contributed by atoms with E-state index < -0.39 is 0 Å². The number of halogens is 1. The van der Waals surface area contributed by atoms with Crippen molar-refractivity contribution in [3.63, 3.8) is 0 Å². The minimum atomic E-state index is 0.689. The third-order valence-electron chi connectivity index (χ3n) is 2.38. The van der Waals surface area contributed by atoms with Gasteiger partial charge in [-0.2, -0.15) is 5.10 Å². The van der Waals surface area contributed by atoms with Crippen LogP contribution in [-0.4, -0.2) is 14.8 Å². The maximum absolute atomic E-state index is 6.17. The van der Waals surface area contributed by atoms with Crippen LogP contribution < -0.4 is 0 Å². The van der Waals surface area contributed by atoms with Gasteiger partial charge in [-0.05, 0) is 18.2 Å². The number of benzene rings is 1. The molecule has 0 amide bonds. The van der Waals surface area contributed by atoms with Gasteiger partial charge in [-0.1, -0.05) is 17.7 Å². The van der Waals surface area contributed by atoms with E-state index in [-0.39, 0.29) is 0 Å². The smallest absolute Gasteiger partial charge is 0.107 e. The van der Waals surface area contributed by atoms with Crippen molar-refractivity contribution in [2.45, 2.75) is 0 Å². The van der Waals surface area contributed by atoms with Gasteiger partial charge in [-0.25, -0.2) is 4.68 Å². The van der Waals surface area contributed by atoms with Crippen LogP contribution in [0.3, 0.4) is 0 Å². The first-order valence-corrected chi connectivity index (χ1v) is 4.99. The van der Waals surface area contributed by atoms with Crippen LogP contribution in [0.15, 0.2) is 42.9 Å². The van der Waals surface area contributed by atoms with E-state index in [4.69, 9.17) is 11.6 Å². The van der Waals surface area contributed by atoms with E-state index in [0.717, 1.165) is 16.6 Å². The second kappa shape index (κ2) is 3.14. The van der Waals surface area contributed by atoms with Crippen molar-refractivity contribution in [2.75, 3.05) is 0 Å². The zero-order valence-electron chi connectivity index (χ0n) is 7.81. The second-order valence-corrected chi connectivity index (χ2v) is 3.70. The van der Waals surface area contributed by atoms with Gasteiger partial charge in [0.2, 0.25) is 0 Å². The molecule has 0 aliphatic rings. The number of aromatic amines is 1. The molecule has 4 heteroatoms. The Morgan fingerprint density at radius 1 is 1.27 bits per heavy atom. The fourth-order valence-corrected chi connectivity index (χ4v) is 1.96. The zero-order valence-corrected chi connectivity index (χ0v) is 8.57. The van der Waals surface area contributed by atoms with Gasteiger partial charge >= 0.3 is 0 Å². The van der Waals surface area contributed by atoms with Crippen molar-refractivity contribution in [3.05, 3.63) is 47.9 Å². The number of rotatable bonds is 1. The summed E-state index contributed by atoms with van der Waals surface area (Å²) in [7, 11) is 0. The van der Waals surface area contributed by atoms with E-state index in [1.807, 2.05) is 36.7 Å². The number of hydrogen-bond donors (Lipinski definition) is 1. The predicted molar refractivity (Wildman–Crippen MR) is 60.4 cm³/mol. The molecule has 0 bridgehead atoms. The molecule has 3 nitrogen and oxygen atoms in total. The molecular weight excluding hydrogens is 210 g/mol. The van der Waals surface area contributed by atoms with Crippen LogP contribution in [0.5, 0.6) is 0 Å². The Bertz CT molecular complexity index is 595. The number of nitrogens with zero attached hydrogens (tertiary/aromatic N) is 2. The summed E-state index contributed by atoms with van der Waals surface area (Å²) >= 11 is 6.17. The van der Waals surface area contributed by atoms with Crippen molar-refractivity contribution in [3.8, 4) is 5.69 Å². The Morgan fingerprint density at radius 3 is 3.00 bits per heavy atom. The summed E-state index contributed by atoms with van der Waals surface area (Å²) in [6, 6.07) is 7.76. The first-order valence-electron chi connectivity index (χ1n) is 4.62. The van der Waals surface area contributed by atoms with Crippen molar-refractivity contribution in [1.29, 1.82) is 0 Å². The molecule has 2 aromatic heterocycles. The van der Waals surface area contributed by atoms with Gasteiger partial charge in [0.05, 0.1) is 10.5 Å². The number of nitrogens with one attached hydrogen (secondary N) is 1. The van der Waals surface area contributed by atoms with E-state index >= 15 is 0 Å². The first-order chi connectivity index (χ1) is 7.36. The van der Waals surface area contributed by atoms with Crippen LogP contribution in [0, 0.1) is 0 Å². The van der Waals surface area contributed by atoms with Gasteiger partial charge in [-0.15, -0.1) is 0 Å². The summed E-state index contributed by atoms with van der Waals surface area (Å²) in [4.78, 5) is 3.17. The van der Waals surface area contributed by atoms with Crippen molar-refractivity contribution in [1.82, 2.24) is 14.8 Å². The molecule has 0 unspecified atom stereocenters. The highest BCUT2D eigenvalue weighted by molar-refractivity contribution is 6.33. The zero-order chi connectivity index (χ0) is 10.3. The Kier molecular flexibility index (Phi) is 1.79. The molecular formula is C11H8ClN3. The Hall–Kier alpha value is -1.74. The largest absolute Gasteiger partial charge is 0.359 e. The summed E-state index contributed by atoms with van der Waals surface area (Å²) in [5, 5.41) is 6.01. The van der Waals surface area contributed by atoms with Crippen LogP contribution in [-0.2, 0) is 0 Å². The summed E-state index contributed by atoms with van der Waals surface area (Å²) in [6.07, 6.45) is 5.51. The molecule has 2 heterocycles. The SMILES string of the molecule is Clc1ccc2cc[nH]c2c1-n1cccn1. The predicted octanol–water partition coefficient (Wildman–Crippen LogP) is 3.01. The topological polar surface area (TPSA) is 33.6 Å². The van der Waals surface area contributed by atoms with Crippen molar-refractivity contribution < 1.29 is 0 Å². The molecule has 1 N–H and O–H groups in total. The summed E-state index contributed by atoms with van der Waals surface area (Å²) < 4.78 is 1.77. The maximum Gasteiger partial charge on any atom is 0.107 e. The third kappa shape index (κ3) is 1.24. The number of hydrogen-bond acceptors (Lipinski definition) is 1. The first kappa shape index (κ1) is 8.56. The van der Waals surface area contributed by atoms with E-state index in [2.05, 4.69) is 10.1 Å². The van der Waals surface area contributed by atoms with Crippen LogP contribution >= 0.6 is 11.6 Å². The summed E-state index contributed by atoms with van der Waals surface area (Å²) in [5.74, 6) is 0. The molecule has 74 valence electrons. The molecule has 15 heavy (non-hydrogen) atoms. The van der Waals surface area contributed by atoms with Crippen LogP contribution in [0.2, 0.25) is 5.02 Å². The lowest BCUT2D eigenvalue weighted by Gasteiger charge is -2.05. The fourth-order valence-electron chi connectivity index (χ4n) is 1.71. The highest BCUT2D eigenvalue weighted by Gasteiger charge is 2.08. The molecule has 0 atom stereocenters. The summed E-state index contributed by atoms with van der Waals surface area (Å²) in [5.41, 5.74) is 1.90. The Labute approximate surface area is 91.3 Å². The molecule has 0 spiro atoms. The van der Waals surface area contributed by atoms with E-state index in [0.29, 0.717) is 5.02 Å². The monoisotopic (exact) mass is 217 g/mol. The van der Waals surface area contributed by atoms with Gasteiger partial charge in [0, 0.05) is 24.0 Å². The van der Waals surface area contributed by atoms with Gasteiger partial charge in [0.25, 0.3) is 0 Å². The van der Waals surface area contributed by atoms with E-state index in [9.17, 15) is 0 Å². The van der Waals surface area contributed by atoms with Crippen LogP contribution in [0.25, 0.3) is 16.6 Å². The number of fused-ring (bicyclic) bond motifs is 1.